The number of rotatable bonds is 5. The highest BCUT2D eigenvalue weighted by Crippen LogP contribution is 2.27. The van der Waals surface area contributed by atoms with E-state index in [0.29, 0.717) is 18.2 Å². The van der Waals surface area contributed by atoms with Gasteiger partial charge in [-0.05, 0) is 24.1 Å². The number of nitrogens with zero attached hydrogens (tertiary/aromatic N) is 2. The molecular weight excluding hydrogens is 392 g/mol. The van der Waals surface area contributed by atoms with Gasteiger partial charge in [-0.2, -0.15) is 0 Å². The van der Waals surface area contributed by atoms with Gasteiger partial charge in [0, 0.05) is 27.4 Å². The van der Waals surface area contributed by atoms with E-state index in [1.165, 1.54) is 0 Å². The van der Waals surface area contributed by atoms with E-state index in [0.717, 1.165) is 14.5 Å². The molecule has 1 heterocycles. The van der Waals surface area contributed by atoms with Crippen molar-refractivity contribution in [1.29, 1.82) is 0 Å². The molecule has 0 fully saturated rings. The number of halogens is 2. The smallest absolute Gasteiger partial charge is 0.303 e. The van der Waals surface area contributed by atoms with Gasteiger partial charge in [-0.1, -0.05) is 38.8 Å². The summed E-state index contributed by atoms with van der Waals surface area (Å²) in [5.41, 5.74) is 0.802. The normalized spacial score (nSPS) is 12.3. The molecule has 1 aromatic heterocycles. The highest BCUT2D eigenvalue weighted by atomic mass is 79.9. The zero-order valence-corrected chi connectivity index (χ0v) is 13.8. The number of carboxylic acids is 1. The first kappa shape index (κ1) is 15.2. The minimum Gasteiger partial charge on any atom is -0.481 e. The van der Waals surface area contributed by atoms with Crippen molar-refractivity contribution in [2.75, 3.05) is 0 Å². The maximum absolute atomic E-state index is 10.6. The van der Waals surface area contributed by atoms with Crippen LogP contribution < -0.4 is 0 Å². The lowest BCUT2D eigenvalue weighted by molar-refractivity contribution is -0.137. The lowest BCUT2D eigenvalue weighted by Gasteiger charge is -2.03. The lowest BCUT2D eigenvalue weighted by Crippen LogP contribution is -2.07. The number of aliphatic carboxylic acids is 1. The summed E-state index contributed by atoms with van der Waals surface area (Å²) in [4.78, 5) is 10.6. The van der Waals surface area contributed by atoms with Gasteiger partial charge in [0.1, 0.15) is 0 Å². The summed E-state index contributed by atoms with van der Waals surface area (Å²) in [6.07, 6.45) is 0.536. The predicted molar refractivity (Wildman–Crippen MR) is 80.3 cm³/mol. The van der Waals surface area contributed by atoms with Crippen LogP contribution in [-0.4, -0.2) is 21.3 Å². The Morgan fingerprint density at radius 3 is 2.55 bits per heavy atom. The van der Waals surface area contributed by atoms with Crippen LogP contribution in [0.15, 0.2) is 31.6 Å². The van der Waals surface area contributed by atoms with Crippen LogP contribution >= 0.6 is 31.9 Å². The molecule has 20 heavy (non-hydrogen) atoms. The number of benzene rings is 1. The molecule has 0 bridgehead atoms. The maximum atomic E-state index is 10.6. The maximum Gasteiger partial charge on any atom is 0.303 e. The van der Waals surface area contributed by atoms with Crippen LogP contribution in [0.2, 0.25) is 0 Å². The fourth-order valence-electron chi connectivity index (χ4n) is 1.80. The van der Waals surface area contributed by atoms with E-state index in [1.807, 2.05) is 25.1 Å². The summed E-state index contributed by atoms with van der Waals surface area (Å²) in [6, 6.07) is 5.67. The Hall–Kier alpha value is -1.21. The summed E-state index contributed by atoms with van der Waals surface area (Å²) in [7, 11) is 0. The van der Waals surface area contributed by atoms with E-state index < -0.39 is 5.97 Å². The minimum atomic E-state index is -0.826. The van der Waals surface area contributed by atoms with Crippen molar-refractivity contribution >= 4 is 37.8 Å². The number of aromatic nitrogens is 2. The monoisotopic (exact) mass is 402 g/mol. The Morgan fingerprint density at radius 2 is 1.95 bits per heavy atom. The van der Waals surface area contributed by atoms with E-state index in [-0.39, 0.29) is 12.3 Å². The number of carbonyl (C=O) groups is 1. The summed E-state index contributed by atoms with van der Waals surface area (Å²) in [5, 5.41) is 16.7. The molecule has 1 aromatic carbocycles. The molecular formula is C13H12Br2N2O3. The first-order valence-corrected chi connectivity index (χ1v) is 7.53. The van der Waals surface area contributed by atoms with E-state index in [4.69, 9.17) is 9.52 Å². The predicted octanol–water partition coefficient (Wildman–Crippen LogP) is 3.91. The van der Waals surface area contributed by atoms with Gasteiger partial charge in [-0.3, -0.25) is 4.79 Å². The van der Waals surface area contributed by atoms with Crippen LogP contribution in [-0.2, 0) is 11.2 Å². The topological polar surface area (TPSA) is 76.2 Å². The average molecular weight is 404 g/mol. The van der Waals surface area contributed by atoms with Crippen LogP contribution in [0.1, 0.15) is 19.2 Å². The van der Waals surface area contributed by atoms with E-state index in [2.05, 4.69) is 42.1 Å². The molecule has 0 saturated carbocycles. The van der Waals surface area contributed by atoms with E-state index in [1.54, 1.807) is 0 Å². The Morgan fingerprint density at radius 1 is 1.30 bits per heavy atom. The van der Waals surface area contributed by atoms with Crippen molar-refractivity contribution in [2.45, 2.75) is 19.8 Å². The molecule has 7 heteroatoms. The average Bonchev–Trinajstić information content (AvgIpc) is 2.74. The van der Waals surface area contributed by atoms with Crippen molar-refractivity contribution in [3.63, 3.8) is 0 Å². The molecule has 1 unspecified atom stereocenters. The molecule has 5 nitrogen and oxygen atoms in total. The molecule has 1 atom stereocenters. The molecule has 0 aliphatic heterocycles. The third kappa shape index (κ3) is 4.14. The Labute approximate surface area is 132 Å². The van der Waals surface area contributed by atoms with Gasteiger partial charge in [0.15, 0.2) is 0 Å². The fourth-order valence-corrected chi connectivity index (χ4v) is 3.09. The number of hydrogen-bond acceptors (Lipinski definition) is 4. The molecule has 1 N–H and O–H groups in total. The number of hydrogen-bond donors (Lipinski definition) is 1. The third-order valence-corrected chi connectivity index (χ3v) is 3.54. The quantitative estimate of drug-likeness (QED) is 0.818. The van der Waals surface area contributed by atoms with Crippen LogP contribution in [0.25, 0.3) is 11.5 Å². The van der Waals surface area contributed by atoms with Crippen LogP contribution in [0.4, 0.5) is 0 Å². The first-order chi connectivity index (χ1) is 9.44. The van der Waals surface area contributed by atoms with Crippen molar-refractivity contribution in [2.24, 2.45) is 5.92 Å². The van der Waals surface area contributed by atoms with Gasteiger partial charge < -0.3 is 9.52 Å². The SMILES string of the molecule is CC(CC(=O)O)Cc1nnc(-c2cc(Br)cc(Br)c2)o1. The van der Waals surface area contributed by atoms with Gasteiger partial charge >= 0.3 is 5.97 Å². The van der Waals surface area contributed by atoms with Gasteiger partial charge in [0.2, 0.25) is 11.8 Å². The van der Waals surface area contributed by atoms with Crippen molar-refractivity contribution in [3.8, 4) is 11.5 Å². The summed E-state index contributed by atoms with van der Waals surface area (Å²) in [6.45, 7) is 1.84. The lowest BCUT2D eigenvalue weighted by atomic mass is 10.0. The van der Waals surface area contributed by atoms with Crippen molar-refractivity contribution < 1.29 is 14.3 Å². The van der Waals surface area contributed by atoms with Gasteiger partial charge in [0.05, 0.1) is 0 Å². The Kier molecular flexibility index (Phi) is 4.93. The van der Waals surface area contributed by atoms with Gasteiger partial charge in [-0.25, -0.2) is 0 Å². The minimum absolute atomic E-state index is 0.0463. The van der Waals surface area contributed by atoms with E-state index in [9.17, 15) is 4.79 Å². The number of carboxylic acid groups (broad SMARTS) is 1. The molecule has 0 saturated heterocycles. The summed E-state index contributed by atoms with van der Waals surface area (Å²) in [5.74, 6) is -0.00224. The van der Waals surface area contributed by atoms with Crippen LogP contribution in [0.3, 0.4) is 0 Å². The second-order valence-corrected chi connectivity index (χ2v) is 6.40. The zero-order valence-electron chi connectivity index (χ0n) is 10.6. The molecule has 0 amide bonds. The largest absolute Gasteiger partial charge is 0.481 e. The fraction of sp³-hybridized carbons (Fsp3) is 0.308. The summed E-state index contributed by atoms with van der Waals surface area (Å²) < 4.78 is 7.38. The van der Waals surface area contributed by atoms with Gasteiger partial charge in [0.25, 0.3) is 0 Å². The van der Waals surface area contributed by atoms with Crippen LogP contribution in [0.5, 0.6) is 0 Å². The van der Waals surface area contributed by atoms with Crippen LogP contribution in [0, 0.1) is 5.92 Å². The summed E-state index contributed by atoms with van der Waals surface area (Å²) >= 11 is 6.80. The molecule has 0 spiro atoms. The molecule has 0 aliphatic carbocycles. The third-order valence-electron chi connectivity index (χ3n) is 2.62. The van der Waals surface area contributed by atoms with Crippen molar-refractivity contribution in [1.82, 2.24) is 10.2 Å². The molecule has 0 radical (unpaired) electrons. The second-order valence-electron chi connectivity index (χ2n) is 4.57. The molecule has 2 aromatic rings. The molecule has 0 aliphatic rings. The highest BCUT2D eigenvalue weighted by molar-refractivity contribution is 9.11. The van der Waals surface area contributed by atoms with E-state index >= 15 is 0 Å². The standard InChI is InChI=1S/C13H12Br2N2O3/c1-7(3-12(18)19)2-11-16-17-13(20-11)8-4-9(14)6-10(15)5-8/h4-7H,2-3H2,1H3,(H,18,19). The van der Waals surface area contributed by atoms with Crippen molar-refractivity contribution in [3.05, 3.63) is 33.0 Å². The first-order valence-electron chi connectivity index (χ1n) is 5.94. The van der Waals surface area contributed by atoms with Gasteiger partial charge in [-0.15, -0.1) is 10.2 Å². The highest BCUT2D eigenvalue weighted by Gasteiger charge is 2.14. The molecule has 106 valence electrons. The second kappa shape index (κ2) is 6.49. The Balaban J connectivity index is 2.14. The Bertz CT molecular complexity index is 608. The zero-order chi connectivity index (χ0) is 14.7. The molecule has 2 rings (SSSR count).